The summed E-state index contributed by atoms with van der Waals surface area (Å²) in [6.45, 7) is -2.65. The molecule has 0 aliphatic heterocycles. The molecule has 0 aromatic rings. The zero-order chi connectivity index (χ0) is 9.28. The lowest BCUT2D eigenvalue weighted by Gasteiger charge is -2.23. The first kappa shape index (κ1) is 10.9. The Balaban J connectivity index is 4.53. The second-order valence-corrected chi connectivity index (χ2v) is 2.14. The molecule has 1 atom stereocenters. The summed E-state index contributed by atoms with van der Waals surface area (Å²) in [7, 11) is 0. The lowest BCUT2D eigenvalue weighted by Crippen LogP contribution is -2.47. The monoisotopic (exact) mass is 200 g/mol. The molecule has 0 N–H and O–H groups in total. The Morgan fingerprint density at radius 3 is 1.64 bits per heavy atom. The molecule has 0 aliphatic rings. The lowest BCUT2D eigenvalue weighted by atomic mass is 10.2. The number of rotatable bonds is 3. The summed E-state index contributed by atoms with van der Waals surface area (Å²) in [6, 6.07) is 0. The number of hydrogen-bond donors (Lipinski definition) is 0. The van der Waals surface area contributed by atoms with Crippen LogP contribution in [0.3, 0.4) is 0 Å². The van der Waals surface area contributed by atoms with Gasteiger partial charge in [-0.1, -0.05) is 11.6 Å². The van der Waals surface area contributed by atoms with Crippen molar-refractivity contribution in [1.82, 2.24) is 0 Å². The van der Waals surface area contributed by atoms with Gasteiger partial charge in [0.1, 0.15) is 0 Å². The highest BCUT2D eigenvalue weighted by Gasteiger charge is 2.61. The van der Waals surface area contributed by atoms with Crippen LogP contribution < -0.4 is 0 Å². The van der Waals surface area contributed by atoms with Crippen LogP contribution in [0.2, 0.25) is 0 Å². The molecule has 0 bridgehead atoms. The first-order chi connectivity index (χ1) is 4.75. The maximum absolute atomic E-state index is 11.8. The maximum Gasteiger partial charge on any atom is 0.356 e. The van der Waals surface area contributed by atoms with Crippen LogP contribution in [-0.4, -0.2) is 24.2 Å². The zero-order valence-corrected chi connectivity index (χ0v) is 5.69. The van der Waals surface area contributed by atoms with Crippen molar-refractivity contribution >= 4 is 11.6 Å². The summed E-state index contributed by atoms with van der Waals surface area (Å²) >= 11 is 4.07. The normalized spacial score (nSPS) is 16.6. The Bertz CT molecular complexity index is 133. The summed E-state index contributed by atoms with van der Waals surface area (Å²) in [4.78, 5) is 0. The molecule has 1 unspecified atom stereocenters. The van der Waals surface area contributed by atoms with E-state index in [1.807, 2.05) is 0 Å². The molecule has 0 aliphatic carbocycles. The minimum atomic E-state index is -5.16. The minimum absolute atomic E-state index is 2.65. The molecule has 0 amide bonds. The van der Waals surface area contributed by atoms with E-state index in [9.17, 15) is 26.3 Å². The van der Waals surface area contributed by atoms with E-state index in [4.69, 9.17) is 0 Å². The molecule has 68 valence electrons. The Labute approximate surface area is 63.1 Å². The van der Waals surface area contributed by atoms with Gasteiger partial charge in [-0.3, -0.25) is 0 Å². The largest absolute Gasteiger partial charge is 0.356 e. The first-order valence-electron chi connectivity index (χ1n) is 2.35. The van der Waals surface area contributed by atoms with E-state index in [0.29, 0.717) is 0 Å². The molecular formula is C4H3ClF6. The second-order valence-electron chi connectivity index (χ2n) is 1.76. The molecule has 0 aromatic heterocycles. The van der Waals surface area contributed by atoms with Crippen LogP contribution in [-0.2, 0) is 0 Å². The molecule has 0 heterocycles. The third kappa shape index (κ3) is 1.91. The highest BCUT2D eigenvalue weighted by atomic mass is 35.5. The summed E-state index contributed by atoms with van der Waals surface area (Å²) in [6.07, 6.45) is 0. The second kappa shape index (κ2) is 3.08. The van der Waals surface area contributed by atoms with Crippen molar-refractivity contribution in [2.24, 2.45) is 0 Å². The average molecular weight is 201 g/mol. The van der Waals surface area contributed by atoms with Gasteiger partial charge in [0.25, 0.3) is 0 Å². The molecule has 0 rings (SSSR count). The van der Waals surface area contributed by atoms with Crippen molar-refractivity contribution in [1.29, 1.82) is 0 Å². The van der Waals surface area contributed by atoms with Gasteiger partial charge in [-0.15, -0.1) is 0 Å². The fourth-order valence-corrected chi connectivity index (χ4v) is 0.408. The third-order valence-corrected chi connectivity index (χ3v) is 1.20. The van der Waals surface area contributed by atoms with E-state index in [1.165, 1.54) is 0 Å². The van der Waals surface area contributed by atoms with Crippen LogP contribution in [0.4, 0.5) is 26.3 Å². The average Bonchev–Trinajstić information content (AvgIpc) is 1.87. The summed E-state index contributed by atoms with van der Waals surface area (Å²) in [5.41, 5.74) is -3.59. The van der Waals surface area contributed by atoms with Gasteiger partial charge in [0.05, 0.1) is 0 Å². The molecule has 7 heteroatoms. The molecule has 11 heavy (non-hydrogen) atoms. The molecule has 0 spiro atoms. The van der Waals surface area contributed by atoms with E-state index in [2.05, 4.69) is 11.6 Å². The van der Waals surface area contributed by atoms with E-state index < -0.39 is 24.2 Å². The van der Waals surface area contributed by atoms with Gasteiger partial charge < -0.3 is 0 Å². The fourth-order valence-electron chi connectivity index (χ4n) is 0.249. The predicted molar refractivity (Wildman–Crippen MR) is 26.6 cm³/mol. The Hall–Kier alpha value is -0.130. The lowest BCUT2D eigenvalue weighted by molar-refractivity contribution is -0.230. The SMILES string of the molecule is FCC(F)(F)C(F)(F)C(F)Cl. The van der Waals surface area contributed by atoms with Crippen molar-refractivity contribution in [2.45, 2.75) is 17.5 Å². The van der Waals surface area contributed by atoms with Crippen LogP contribution in [0.15, 0.2) is 0 Å². The maximum atomic E-state index is 11.8. The van der Waals surface area contributed by atoms with Crippen molar-refractivity contribution in [3.05, 3.63) is 0 Å². The highest BCUT2D eigenvalue weighted by molar-refractivity contribution is 6.20. The number of halogens is 7. The summed E-state index contributed by atoms with van der Waals surface area (Å²) in [5, 5.41) is 0. The molecule has 0 saturated carbocycles. The van der Waals surface area contributed by atoms with Crippen molar-refractivity contribution in [2.75, 3.05) is 6.67 Å². The molecule has 0 fully saturated rings. The van der Waals surface area contributed by atoms with E-state index in [0.717, 1.165) is 0 Å². The topological polar surface area (TPSA) is 0 Å². The fraction of sp³-hybridized carbons (Fsp3) is 1.00. The van der Waals surface area contributed by atoms with Crippen LogP contribution in [0.5, 0.6) is 0 Å². The Kier molecular flexibility index (Phi) is 3.05. The van der Waals surface area contributed by atoms with Crippen LogP contribution in [0, 0.1) is 0 Å². The summed E-state index contributed by atoms with van der Waals surface area (Å²) in [5.74, 6) is -10.2. The van der Waals surface area contributed by atoms with Crippen molar-refractivity contribution in [3.63, 3.8) is 0 Å². The Morgan fingerprint density at radius 2 is 1.55 bits per heavy atom. The van der Waals surface area contributed by atoms with E-state index in [1.54, 1.807) is 0 Å². The predicted octanol–water partition coefficient (Wildman–Crippen LogP) is 2.76. The third-order valence-electron chi connectivity index (χ3n) is 0.930. The van der Waals surface area contributed by atoms with Gasteiger partial charge >= 0.3 is 11.8 Å². The quantitative estimate of drug-likeness (QED) is 0.485. The molecule has 0 saturated heterocycles. The first-order valence-corrected chi connectivity index (χ1v) is 2.79. The van der Waals surface area contributed by atoms with E-state index in [-0.39, 0.29) is 0 Å². The van der Waals surface area contributed by atoms with E-state index >= 15 is 0 Å². The summed E-state index contributed by atoms with van der Waals surface area (Å²) < 4.78 is 69.8. The molecule has 0 radical (unpaired) electrons. The smallest absolute Gasteiger partial charge is 0.244 e. The van der Waals surface area contributed by atoms with Gasteiger partial charge in [-0.25, -0.2) is 8.78 Å². The number of alkyl halides is 7. The van der Waals surface area contributed by atoms with Gasteiger partial charge in [-0.05, 0) is 0 Å². The highest BCUT2D eigenvalue weighted by Crippen LogP contribution is 2.39. The molecular weight excluding hydrogens is 197 g/mol. The zero-order valence-electron chi connectivity index (χ0n) is 4.93. The van der Waals surface area contributed by atoms with Gasteiger partial charge in [0.15, 0.2) is 6.67 Å². The minimum Gasteiger partial charge on any atom is -0.244 e. The molecule has 0 aromatic carbocycles. The Morgan fingerprint density at radius 1 is 1.18 bits per heavy atom. The standard InChI is InChI=1S/C4H3ClF6/c5-2(7)4(10,11)3(8,9)1-6/h2H,1H2. The van der Waals surface area contributed by atoms with Crippen LogP contribution >= 0.6 is 11.6 Å². The van der Waals surface area contributed by atoms with Gasteiger partial charge in [-0.2, -0.15) is 17.6 Å². The van der Waals surface area contributed by atoms with Gasteiger partial charge in [0.2, 0.25) is 5.63 Å². The van der Waals surface area contributed by atoms with Crippen LogP contribution in [0.1, 0.15) is 0 Å². The van der Waals surface area contributed by atoms with Crippen molar-refractivity contribution < 1.29 is 26.3 Å². The van der Waals surface area contributed by atoms with Crippen molar-refractivity contribution in [3.8, 4) is 0 Å². The number of hydrogen-bond acceptors (Lipinski definition) is 0. The molecule has 0 nitrogen and oxygen atoms in total. The van der Waals surface area contributed by atoms with Crippen LogP contribution in [0.25, 0.3) is 0 Å². The van der Waals surface area contributed by atoms with Gasteiger partial charge in [0, 0.05) is 0 Å².